The minimum absolute atomic E-state index is 0.110. The number of rotatable bonds is 4. The number of benzene rings is 1. The average Bonchev–Trinajstić information content (AvgIpc) is 3.11. The molecule has 3 heterocycles. The highest BCUT2D eigenvalue weighted by molar-refractivity contribution is 5.95. The zero-order chi connectivity index (χ0) is 18.8. The minimum Gasteiger partial charge on any atom is -0.378 e. The van der Waals surface area contributed by atoms with Crippen LogP contribution in [0.15, 0.2) is 24.5 Å². The minimum atomic E-state index is -0.110. The number of fused-ring (bicyclic) bond motifs is 2. The van der Waals surface area contributed by atoms with Crippen molar-refractivity contribution in [3.8, 4) is 0 Å². The highest BCUT2D eigenvalue weighted by atomic mass is 16.5. The van der Waals surface area contributed by atoms with Crippen LogP contribution < -0.4 is 10.2 Å². The molecule has 1 aromatic carbocycles. The normalized spacial score (nSPS) is 20.9. The Bertz CT molecular complexity index is 803. The molecule has 0 spiro atoms. The monoisotopic (exact) mass is 371 g/mol. The Hall–Kier alpha value is -2.12. The number of para-hydroxylation sites is 1. The molecule has 2 saturated heterocycles. The summed E-state index contributed by atoms with van der Waals surface area (Å²) < 4.78 is 7.28. The van der Waals surface area contributed by atoms with Crippen molar-refractivity contribution in [2.75, 3.05) is 50.8 Å². The molecule has 1 amide bonds. The summed E-state index contributed by atoms with van der Waals surface area (Å²) in [5.74, 6) is 0.568. The van der Waals surface area contributed by atoms with Gasteiger partial charge in [0.05, 0.1) is 30.5 Å². The molecular formula is C20H29N5O2. The van der Waals surface area contributed by atoms with Gasteiger partial charge in [-0.1, -0.05) is 19.9 Å². The lowest BCUT2D eigenvalue weighted by Gasteiger charge is -2.44. The summed E-state index contributed by atoms with van der Waals surface area (Å²) in [7, 11) is 0. The first-order chi connectivity index (χ1) is 13.1. The molecular weight excluding hydrogens is 342 g/mol. The molecule has 27 heavy (non-hydrogen) atoms. The number of piperazine rings is 1. The Balaban J connectivity index is 1.53. The van der Waals surface area contributed by atoms with Gasteiger partial charge in [-0.15, -0.1) is 0 Å². The van der Waals surface area contributed by atoms with Gasteiger partial charge in [0, 0.05) is 32.7 Å². The van der Waals surface area contributed by atoms with Crippen molar-refractivity contribution in [3.63, 3.8) is 0 Å². The van der Waals surface area contributed by atoms with Gasteiger partial charge in [0.2, 0.25) is 0 Å². The van der Waals surface area contributed by atoms with Crippen LogP contribution in [0.3, 0.4) is 0 Å². The van der Waals surface area contributed by atoms with Crippen LogP contribution in [0, 0.1) is 5.92 Å². The van der Waals surface area contributed by atoms with E-state index in [9.17, 15) is 4.79 Å². The second-order valence-electron chi connectivity index (χ2n) is 7.88. The Kier molecular flexibility index (Phi) is 5.31. The maximum Gasteiger partial charge on any atom is 0.327 e. The van der Waals surface area contributed by atoms with Crippen molar-refractivity contribution in [1.29, 1.82) is 0 Å². The van der Waals surface area contributed by atoms with Crippen molar-refractivity contribution in [2.45, 2.75) is 26.3 Å². The van der Waals surface area contributed by atoms with Gasteiger partial charge in [-0.2, -0.15) is 0 Å². The third kappa shape index (κ3) is 3.80. The highest BCUT2D eigenvalue weighted by Gasteiger charge is 2.30. The Morgan fingerprint density at radius 1 is 1.33 bits per heavy atom. The largest absolute Gasteiger partial charge is 0.378 e. The molecule has 7 nitrogen and oxygen atoms in total. The van der Waals surface area contributed by atoms with E-state index < -0.39 is 0 Å². The van der Waals surface area contributed by atoms with Gasteiger partial charge in [0.15, 0.2) is 0 Å². The lowest BCUT2D eigenvalue weighted by atomic mass is 10.1. The van der Waals surface area contributed by atoms with Gasteiger partial charge < -0.3 is 15.0 Å². The Morgan fingerprint density at radius 3 is 3.07 bits per heavy atom. The van der Waals surface area contributed by atoms with E-state index >= 15 is 0 Å². The predicted octanol–water partition coefficient (Wildman–Crippen LogP) is 2.16. The fourth-order valence-electron chi connectivity index (χ4n) is 3.96. The maximum atomic E-state index is 12.6. The molecule has 0 saturated carbocycles. The number of nitrogens with zero attached hydrogens (tertiary/aromatic N) is 4. The van der Waals surface area contributed by atoms with Crippen LogP contribution in [0.2, 0.25) is 0 Å². The number of morpholine rings is 1. The topological polar surface area (TPSA) is 62.6 Å². The van der Waals surface area contributed by atoms with Crippen molar-refractivity contribution in [2.24, 2.45) is 5.92 Å². The summed E-state index contributed by atoms with van der Waals surface area (Å²) in [6, 6.07) is 6.41. The summed E-state index contributed by atoms with van der Waals surface area (Å²) in [5, 5.41) is 2.99. The molecule has 7 heteroatoms. The number of carbonyl (C=O) groups is 1. The third-order valence-electron chi connectivity index (χ3n) is 5.55. The van der Waals surface area contributed by atoms with Crippen LogP contribution in [0.5, 0.6) is 0 Å². The SMILES string of the molecule is CC(C)CCNC(=O)n1cnc2c(N3CCN4CCOC[C@H]4C3)cccc21. The zero-order valence-electron chi connectivity index (χ0n) is 16.2. The molecule has 1 N–H and O–H groups in total. The van der Waals surface area contributed by atoms with E-state index in [0.717, 1.165) is 62.5 Å². The van der Waals surface area contributed by atoms with E-state index in [-0.39, 0.29) is 6.03 Å². The summed E-state index contributed by atoms with van der Waals surface area (Å²) in [5.41, 5.74) is 2.85. The average molecular weight is 371 g/mol. The van der Waals surface area contributed by atoms with Gasteiger partial charge in [-0.05, 0) is 24.5 Å². The molecule has 2 aliphatic rings. The molecule has 2 aliphatic heterocycles. The molecule has 2 aromatic rings. The molecule has 1 aromatic heterocycles. The summed E-state index contributed by atoms with van der Waals surface area (Å²) in [6.07, 6.45) is 2.61. The number of imidazole rings is 1. The molecule has 0 unspecified atom stereocenters. The molecule has 1 atom stereocenters. The standard InChI is InChI=1S/C20H29N5O2/c1-15(2)6-7-21-20(26)25-14-22-19-17(4-3-5-18(19)25)24-9-8-23-10-11-27-13-16(23)12-24/h3-5,14-16H,6-13H2,1-2H3,(H,21,26)/t16-/m1/s1. The predicted molar refractivity (Wildman–Crippen MR) is 106 cm³/mol. The number of amides is 1. The third-order valence-corrected chi connectivity index (χ3v) is 5.55. The van der Waals surface area contributed by atoms with Gasteiger partial charge in [0.1, 0.15) is 11.8 Å². The summed E-state index contributed by atoms with van der Waals surface area (Å²) in [6.45, 7) is 10.6. The van der Waals surface area contributed by atoms with Crippen molar-refractivity contribution in [3.05, 3.63) is 24.5 Å². The van der Waals surface area contributed by atoms with Crippen molar-refractivity contribution < 1.29 is 9.53 Å². The quantitative estimate of drug-likeness (QED) is 0.892. The van der Waals surface area contributed by atoms with Gasteiger partial charge in [-0.25, -0.2) is 9.78 Å². The molecule has 146 valence electrons. The lowest BCUT2D eigenvalue weighted by Crippen LogP contribution is -2.58. The number of hydrogen-bond donors (Lipinski definition) is 1. The van der Waals surface area contributed by atoms with Crippen LogP contribution in [-0.2, 0) is 4.74 Å². The zero-order valence-corrected chi connectivity index (χ0v) is 16.2. The van der Waals surface area contributed by atoms with E-state index in [1.54, 1.807) is 10.9 Å². The first-order valence-electron chi connectivity index (χ1n) is 9.94. The smallest absolute Gasteiger partial charge is 0.327 e. The van der Waals surface area contributed by atoms with Crippen LogP contribution in [0.1, 0.15) is 20.3 Å². The maximum absolute atomic E-state index is 12.6. The van der Waals surface area contributed by atoms with E-state index in [1.165, 1.54) is 0 Å². The van der Waals surface area contributed by atoms with E-state index in [0.29, 0.717) is 18.5 Å². The Labute approximate surface area is 160 Å². The van der Waals surface area contributed by atoms with Gasteiger partial charge in [-0.3, -0.25) is 9.47 Å². The fraction of sp³-hybridized carbons (Fsp3) is 0.600. The van der Waals surface area contributed by atoms with Gasteiger partial charge >= 0.3 is 6.03 Å². The van der Waals surface area contributed by atoms with E-state index in [4.69, 9.17) is 4.74 Å². The molecule has 0 bridgehead atoms. The van der Waals surface area contributed by atoms with Crippen molar-refractivity contribution in [1.82, 2.24) is 19.8 Å². The lowest BCUT2D eigenvalue weighted by molar-refractivity contribution is -0.0116. The molecule has 2 fully saturated rings. The summed E-state index contributed by atoms with van der Waals surface area (Å²) >= 11 is 0. The highest BCUT2D eigenvalue weighted by Crippen LogP contribution is 2.28. The van der Waals surface area contributed by atoms with E-state index in [2.05, 4.69) is 40.0 Å². The number of anilines is 1. The first kappa shape index (κ1) is 18.3. The number of aromatic nitrogens is 2. The van der Waals surface area contributed by atoms with Crippen molar-refractivity contribution >= 4 is 22.8 Å². The van der Waals surface area contributed by atoms with Crippen LogP contribution >= 0.6 is 0 Å². The molecule has 0 aliphatic carbocycles. The number of nitrogens with one attached hydrogen (secondary N) is 1. The second-order valence-corrected chi connectivity index (χ2v) is 7.88. The number of carbonyl (C=O) groups excluding carboxylic acids is 1. The molecule has 0 radical (unpaired) electrons. The number of ether oxygens (including phenoxy) is 1. The fourth-order valence-corrected chi connectivity index (χ4v) is 3.96. The van der Waals surface area contributed by atoms with Crippen LogP contribution in [-0.4, -0.2) is 72.5 Å². The van der Waals surface area contributed by atoms with E-state index in [1.807, 2.05) is 12.1 Å². The van der Waals surface area contributed by atoms with Gasteiger partial charge in [0.25, 0.3) is 0 Å². The Morgan fingerprint density at radius 2 is 2.22 bits per heavy atom. The first-order valence-corrected chi connectivity index (χ1v) is 9.94. The second kappa shape index (κ2) is 7.86. The molecule has 4 rings (SSSR count). The van der Waals surface area contributed by atoms with Crippen LogP contribution in [0.25, 0.3) is 11.0 Å². The van der Waals surface area contributed by atoms with Crippen LogP contribution in [0.4, 0.5) is 10.5 Å². The summed E-state index contributed by atoms with van der Waals surface area (Å²) in [4.78, 5) is 22.0. The number of hydrogen-bond acceptors (Lipinski definition) is 5.